The van der Waals surface area contributed by atoms with E-state index in [4.69, 9.17) is 10.00 Å². The fourth-order valence-corrected chi connectivity index (χ4v) is 4.29. The highest BCUT2D eigenvalue weighted by Crippen LogP contribution is 2.35. The highest BCUT2D eigenvalue weighted by atomic mass is 19.1. The molecule has 32 heavy (non-hydrogen) atoms. The number of rotatable bonds is 3. The molecular formula is C24H21FN6O. The van der Waals surface area contributed by atoms with Gasteiger partial charge in [0.25, 0.3) is 0 Å². The first kappa shape index (κ1) is 19.9. The Hall–Kier alpha value is -3.99. The molecule has 0 radical (unpaired) electrons. The maximum atomic E-state index is 15.9. The average Bonchev–Trinajstić information content (AvgIpc) is 2.84. The van der Waals surface area contributed by atoms with Crippen LogP contribution in [0, 0.1) is 24.2 Å². The molecule has 8 heteroatoms. The zero-order chi connectivity index (χ0) is 22.2. The Balaban J connectivity index is 1.69. The van der Waals surface area contributed by atoms with Crippen molar-refractivity contribution in [1.82, 2.24) is 19.9 Å². The third-order valence-electron chi connectivity index (χ3n) is 5.91. The number of methoxy groups -OCH3 is 1. The van der Waals surface area contributed by atoms with E-state index in [1.54, 1.807) is 11.1 Å². The number of aryl methyl sites for hydroxylation is 1. The first-order chi connectivity index (χ1) is 15.6. The maximum absolute atomic E-state index is 15.9. The second-order valence-electron chi connectivity index (χ2n) is 7.77. The summed E-state index contributed by atoms with van der Waals surface area (Å²) < 4.78 is 21.2. The highest BCUT2D eigenvalue weighted by Gasteiger charge is 2.24. The SMILES string of the molecule is COc1nc(N2CCN(C#N)CC2)c2cnc(-c3cccc4cccc(C)c34)c(F)c2n1. The summed E-state index contributed by atoms with van der Waals surface area (Å²) in [5.74, 6) is 0.0624. The molecule has 0 atom stereocenters. The van der Waals surface area contributed by atoms with Crippen molar-refractivity contribution in [3.63, 3.8) is 0 Å². The van der Waals surface area contributed by atoms with Crippen LogP contribution in [-0.4, -0.2) is 53.1 Å². The summed E-state index contributed by atoms with van der Waals surface area (Å²) in [5.41, 5.74) is 2.20. The molecule has 160 valence electrons. The first-order valence-corrected chi connectivity index (χ1v) is 10.4. The molecule has 0 unspecified atom stereocenters. The van der Waals surface area contributed by atoms with Gasteiger partial charge >= 0.3 is 6.01 Å². The smallest absolute Gasteiger partial charge is 0.318 e. The molecule has 0 amide bonds. The molecule has 1 fully saturated rings. The van der Waals surface area contributed by atoms with Gasteiger partial charge in [-0.15, -0.1) is 0 Å². The second-order valence-corrected chi connectivity index (χ2v) is 7.77. The van der Waals surface area contributed by atoms with Crippen molar-refractivity contribution < 1.29 is 9.13 Å². The van der Waals surface area contributed by atoms with Crippen LogP contribution in [0.15, 0.2) is 42.6 Å². The van der Waals surface area contributed by atoms with Crippen LogP contribution in [0.2, 0.25) is 0 Å². The van der Waals surface area contributed by atoms with Gasteiger partial charge < -0.3 is 14.5 Å². The number of nitriles is 1. The summed E-state index contributed by atoms with van der Waals surface area (Å²) in [7, 11) is 1.46. The lowest BCUT2D eigenvalue weighted by molar-refractivity contribution is 0.358. The summed E-state index contributed by atoms with van der Waals surface area (Å²) in [6.45, 7) is 4.35. The number of pyridine rings is 1. The summed E-state index contributed by atoms with van der Waals surface area (Å²) >= 11 is 0. The van der Waals surface area contributed by atoms with Gasteiger partial charge in [-0.3, -0.25) is 4.98 Å². The largest absolute Gasteiger partial charge is 0.467 e. The van der Waals surface area contributed by atoms with E-state index < -0.39 is 5.82 Å². The van der Waals surface area contributed by atoms with Gasteiger partial charge in [0.15, 0.2) is 12.0 Å². The molecule has 2 aromatic carbocycles. The molecule has 0 aliphatic carbocycles. The van der Waals surface area contributed by atoms with Gasteiger partial charge in [0.05, 0.1) is 12.5 Å². The van der Waals surface area contributed by atoms with Crippen molar-refractivity contribution in [3.8, 4) is 23.5 Å². The number of hydrogen-bond donors (Lipinski definition) is 0. The molecule has 3 heterocycles. The van der Waals surface area contributed by atoms with E-state index in [1.165, 1.54) is 7.11 Å². The predicted octanol–water partition coefficient (Wildman–Crippen LogP) is 3.90. The number of piperazine rings is 1. The second kappa shape index (κ2) is 7.93. The summed E-state index contributed by atoms with van der Waals surface area (Å²) in [5, 5.41) is 11.6. The Labute approximate surface area is 184 Å². The Kier molecular flexibility index (Phi) is 4.94. The molecule has 0 spiro atoms. The molecule has 4 aromatic rings. The van der Waals surface area contributed by atoms with Gasteiger partial charge in [-0.25, -0.2) is 4.39 Å². The monoisotopic (exact) mass is 428 g/mol. The molecule has 1 aliphatic rings. The van der Waals surface area contributed by atoms with Crippen LogP contribution in [0.4, 0.5) is 10.2 Å². The number of halogens is 1. The van der Waals surface area contributed by atoms with E-state index in [9.17, 15) is 0 Å². The van der Waals surface area contributed by atoms with E-state index in [0.717, 1.165) is 21.9 Å². The summed E-state index contributed by atoms with van der Waals surface area (Å²) in [6, 6.07) is 11.9. The lowest BCUT2D eigenvalue weighted by atomic mass is 9.97. The lowest BCUT2D eigenvalue weighted by Crippen LogP contribution is -2.44. The van der Waals surface area contributed by atoms with Crippen LogP contribution in [-0.2, 0) is 0 Å². The highest BCUT2D eigenvalue weighted by molar-refractivity contribution is 6.00. The van der Waals surface area contributed by atoms with E-state index in [-0.39, 0.29) is 17.2 Å². The normalized spacial score (nSPS) is 14.1. The number of aromatic nitrogens is 3. The summed E-state index contributed by atoms with van der Waals surface area (Å²) in [6.07, 6.45) is 3.80. The van der Waals surface area contributed by atoms with E-state index in [2.05, 4.69) is 21.1 Å². The third-order valence-corrected chi connectivity index (χ3v) is 5.91. The Morgan fingerprint density at radius 3 is 2.53 bits per heavy atom. The molecule has 0 bridgehead atoms. The van der Waals surface area contributed by atoms with Crippen molar-refractivity contribution in [2.75, 3.05) is 38.2 Å². The average molecular weight is 428 g/mol. The van der Waals surface area contributed by atoms with Gasteiger partial charge in [0.1, 0.15) is 17.0 Å². The van der Waals surface area contributed by atoms with Gasteiger partial charge in [0.2, 0.25) is 0 Å². The van der Waals surface area contributed by atoms with Crippen molar-refractivity contribution in [1.29, 1.82) is 5.26 Å². The van der Waals surface area contributed by atoms with Gasteiger partial charge in [-0.2, -0.15) is 15.2 Å². The minimum Gasteiger partial charge on any atom is -0.467 e. The Morgan fingerprint density at radius 1 is 1.06 bits per heavy atom. The van der Waals surface area contributed by atoms with Crippen LogP contribution in [0.25, 0.3) is 32.9 Å². The van der Waals surface area contributed by atoms with Crippen molar-refractivity contribution >= 4 is 27.5 Å². The minimum absolute atomic E-state index is 0.0976. The Bertz CT molecular complexity index is 1370. The van der Waals surface area contributed by atoms with E-state index in [0.29, 0.717) is 37.4 Å². The van der Waals surface area contributed by atoms with E-state index in [1.807, 2.05) is 48.2 Å². The molecule has 1 aliphatic heterocycles. The summed E-state index contributed by atoms with van der Waals surface area (Å²) in [4.78, 5) is 17.0. The molecule has 5 rings (SSSR count). The quantitative estimate of drug-likeness (QED) is 0.458. The number of nitrogens with zero attached hydrogens (tertiary/aromatic N) is 6. The van der Waals surface area contributed by atoms with Crippen LogP contribution in [0.1, 0.15) is 5.56 Å². The minimum atomic E-state index is -0.504. The topological polar surface area (TPSA) is 78.2 Å². The van der Waals surface area contributed by atoms with Gasteiger partial charge in [-0.1, -0.05) is 36.4 Å². The molecule has 1 saturated heterocycles. The zero-order valence-corrected chi connectivity index (χ0v) is 17.8. The van der Waals surface area contributed by atoms with E-state index >= 15 is 4.39 Å². The molecule has 2 aromatic heterocycles. The number of hydrogen-bond acceptors (Lipinski definition) is 7. The third kappa shape index (κ3) is 3.23. The maximum Gasteiger partial charge on any atom is 0.318 e. The van der Waals surface area contributed by atoms with Gasteiger partial charge in [-0.05, 0) is 23.3 Å². The van der Waals surface area contributed by atoms with Crippen LogP contribution in [0.3, 0.4) is 0 Å². The predicted molar refractivity (Wildman–Crippen MR) is 121 cm³/mol. The van der Waals surface area contributed by atoms with Gasteiger partial charge in [0, 0.05) is 37.9 Å². The van der Waals surface area contributed by atoms with Crippen molar-refractivity contribution in [3.05, 3.63) is 54.0 Å². The fourth-order valence-electron chi connectivity index (χ4n) is 4.29. The van der Waals surface area contributed by atoms with Crippen LogP contribution in [0.5, 0.6) is 6.01 Å². The number of benzene rings is 2. The van der Waals surface area contributed by atoms with Crippen LogP contribution >= 0.6 is 0 Å². The zero-order valence-electron chi connectivity index (χ0n) is 17.8. The van der Waals surface area contributed by atoms with Crippen molar-refractivity contribution in [2.45, 2.75) is 6.92 Å². The fraction of sp³-hybridized carbons (Fsp3) is 0.250. The molecule has 0 saturated carbocycles. The lowest BCUT2D eigenvalue weighted by Gasteiger charge is -2.33. The number of ether oxygens (including phenoxy) is 1. The Morgan fingerprint density at radius 2 is 1.81 bits per heavy atom. The molecule has 7 nitrogen and oxygen atoms in total. The number of anilines is 1. The molecule has 0 N–H and O–H groups in total. The number of fused-ring (bicyclic) bond motifs is 2. The standard InChI is InChI=1S/C24H21FN6O/c1-15-5-3-6-16-7-4-8-17(19(15)16)21-20(25)22-18(13-27-21)23(29-24(28-22)32-2)31-11-9-30(14-26)10-12-31/h3-8,13H,9-12H2,1-2H3. The first-order valence-electron chi connectivity index (χ1n) is 10.4. The molecular weight excluding hydrogens is 407 g/mol. The van der Waals surface area contributed by atoms with Crippen LogP contribution < -0.4 is 9.64 Å². The van der Waals surface area contributed by atoms with Crippen molar-refractivity contribution in [2.24, 2.45) is 0 Å².